The lowest BCUT2D eigenvalue weighted by molar-refractivity contribution is 0.0730. The molecule has 0 spiro atoms. The van der Waals surface area contributed by atoms with Crippen molar-refractivity contribution in [1.82, 2.24) is 9.62 Å². The fraction of sp³-hybridized carbons (Fsp3) is 0.696. The molecule has 1 aliphatic carbocycles. The second-order valence-corrected chi connectivity index (χ2v) is 10.7. The van der Waals surface area contributed by atoms with Crippen molar-refractivity contribution in [2.24, 2.45) is 0 Å². The number of carbonyl (C=O) groups is 1. The zero-order valence-electron chi connectivity index (χ0n) is 18.8. The van der Waals surface area contributed by atoms with Crippen LogP contribution in [0.25, 0.3) is 0 Å². The topological polar surface area (TPSA) is 88.2 Å². The van der Waals surface area contributed by atoms with Crippen LogP contribution in [0, 0.1) is 0 Å². The molecule has 2 heterocycles. The van der Waals surface area contributed by atoms with Gasteiger partial charge in [-0.2, -0.15) is 4.31 Å². The molecule has 4 rings (SSSR count). The Hall–Kier alpha value is -1.68. The van der Waals surface area contributed by atoms with Crippen molar-refractivity contribution in [3.05, 3.63) is 23.8 Å². The van der Waals surface area contributed by atoms with Gasteiger partial charge in [0.2, 0.25) is 10.0 Å². The Morgan fingerprint density at radius 3 is 2.12 bits per heavy atom. The van der Waals surface area contributed by atoms with E-state index >= 15 is 0 Å². The lowest BCUT2D eigenvalue weighted by Gasteiger charge is -2.33. The minimum Gasteiger partial charge on any atom is -0.379 e. The van der Waals surface area contributed by atoms with E-state index < -0.39 is 10.0 Å². The van der Waals surface area contributed by atoms with Crippen molar-refractivity contribution in [2.75, 3.05) is 57.5 Å². The van der Waals surface area contributed by atoms with Crippen LogP contribution in [0.2, 0.25) is 0 Å². The minimum absolute atomic E-state index is 0.154. The average Bonchev–Trinajstić information content (AvgIpc) is 2.81. The van der Waals surface area contributed by atoms with Crippen LogP contribution in [0.15, 0.2) is 23.1 Å². The molecule has 2 aliphatic heterocycles. The maximum Gasteiger partial charge on any atom is 0.251 e. The molecule has 1 saturated carbocycles. The Kier molecular flexibility index (Phi) is 8.04. The predicted molar refractivity (Wildman–Crippen MR) is 123 cm³/mol. The summed E-state index contributed by atoms with van der Waals surface area (Å²) in [6.07, 6.45) is 7.90. The maximum absolute atomic E-state index is 13.6. The van der Waals surface area contributed by atoms with Crippen LogP contribution in [0.1, 0.15) is 55.3 Å². The van der Waals surface area contributed by atoms with Gasteiger partial charge in [-0.1, -0.05) is 32.1 Å². The highest BCUT2D eigenvalue weighted by atomic mass is 32.2. The first-order valence-electron chi connectivity index (χ1n) is 11.9. The van der Waals surface area contributed by atoms with E-state index in [-0.39, 0.29) is 16.8 Å². The van der Waals surface area contributed by atoms with Gasteiger partial charge in [-0.3, -0.25) is 4.79 Å². The normalized spacial score (nSPS) is 22.2. The molecule has 1 aromatic rings. The molecular formula is C23H35N3O5S. The summed E-state index contributed by atoms with van der Waals surface area (Å²) in [5.74, 6) is -0.192. The highest BCUT2D eigenvalue weighted by Gasteiger charge is 2.31. The SMILES string of the molecule is O=C(NC1CCCCCCC1)c1ccc(N2CCOCC2)c(S(=O)(=O)N2CCOCC2)c1. The number of nitrogens with one attached hydrogen (secondary N) is 1. The summed E-state index contributed by atoms with van der Waals surface area (Å²) in [4.78, 5) is 15.3. The molecule has 9 heteroatoms. The summed E-state index contributed by atoms with van der Waals surface area (Å²) in [5, 5.41) is 3.16. The van der Waals surface area contributed by atoms with Gasteiger partial charge in [0.15, 0.2) is 0 Å². The molecule has 0 bridgehead atoms. The smallest absolute Gasteiger partial charge is 0.251 e. The molecule has 2 saturated heterocycles. The summed E-state index contributed by atoms with van der Waals surface area (Å²) in [6, 6.07) is 5.25. The van der Waals surface area contributed by atoms with Crippen molar-refractivity contribution >= 4 is 21.6 Å². The van der Waals surface area contributed by atoms with Crippen LogP contribution in [-0.2, 0) is 19.5 Å². The van der Waals surface area contributed by atoms with E-state index in [9.17, 15) is 13.2 Å². The standard InChI is InChI=1S/C23H35N3O5S/c27-23(24-20-6-4-2-1-3-5-7-20)19-8-9-21(25-10-14-30-15-11-25)22(18-19)32(28,29)26-12-16-31-17-13-26/h8-9,18,20H,1-7,10-17H2,(H,24,27). The van der Waals surface area contributed by atoms with Crippen LogP contribution in [-0.4, -0.2) is 77.3 Å². The van der Waals surface area contributed by atoms with E-state index in [2.05, 4.69) is 5.32 Å². The maximum atomic E-state index is 13.6. The number of benzene rings is 1. The van der Waals surface area contributed by atoms with Gasteiger partial charge in [0.25, 0.3) is 5.91 Å². The van der Waals surface area contributed by atoms with Crippen molar-refractivity contribution < 1.29 is 22.7 Å². The molecule has 0 aromatic heterocycles. The number of morpholine rings is 2. The molecule has 32 heavy (non-hydrogen) atoms. The predicted octanol–water partition coefficient (Wildman–Crippen LogP) is 2.39. The Bertz CT molecular complexity index is 872. The number of anilines is 1. The van der Waals surface area contributed by atoms with Crippen molar-refractivity contribution in [3.63, 3.8) is 0 Å². The van der Waals surface area contributed by atoms with E-state index in [0.717, 1.165) is 25.7 Å². The molecule has 0 unspecified atom stereocenters. The number of rotatable bonds is 5. The quantitative estimate of drug-likeness (QED) is 0.718. The molecule has 3 aliphatic rings. The van der Waals surface area contributed by atoms with Gasteiger partial charge in [-0.05, 0) is 31.0 Å². The molecule has 1 amide bonds. The zero-order chi connectivity index (χ0) is 22.4. The van der Waals surface area contributed by atoms with Crippen LogP contribution in [0.5, 0.6) is 0 Å². The van der Waals surface area contributed by atoms with Gasteiger partial charge in [-0.15, -0.1) is 0 Å². The van der Waals surface area contributed by atoms with Gasteiger partial charge in [-0.25, -0.2) is 8.42 Å². The van der Waals surface area contributed by atoms with E-state index in [0.29, 0.717) is 63.9 Å². The van der Waals surface area contributed by atoms with Crippen LogP contribution >= 0.6 is 0 Å². The monoisotopic (exact) mass is 465 g/mol. The number of ether oxygens (including phenoxy) is 2. The van der Waals surface area contributed by atoms with Crippen LogP contribution in [0.4, 0.5) is 5.69 Å². The molecular weight excluding hydrogens is 430 g/mol. The third-order valence-corrected chi connectivity index (χ3v) is 8.53. The first-order chi connectivity index (χ1) is 15.6. The summed E-state index contributed by atoms with van der Waals surface area (Å²) in [7, 11) is -3.75. The molecule has 0 atom stereocenters. The number of carbonyl (C=O) groups excluding carboxylic acids is 1. The summed E-state index contributed by atoms with van der Waals surface area (Å²) in [5.41, 5.74) is 1.04. The average molecular weight is 466 g/mol. The first-order valence-corrected chi connectivity index (χ1v) is 13.4. The van der Waals surface area contributed by atoms with E-state index in [1.54, 1.807) is 18.2 Å². The lowest BCUT2D eigenvalue weighted by atomic mass is 9.96. The number of amides is 1. The number of sulfonamides is 1. The zero-order valence-corrected chi connectivity index (χ0v) is 19.6. The summed E-state index contributed by atoms with van der Waals surface area (Å²) >= 11 is 0. The molecule has 1 aromatic carbocycles. The van der Waals surface area contributed by atoms with Crippen molar-refractivity contribution in [3.8, 4) is 0 Å². The van der Waals surface area contributed by atoms with Crippen molar-refractivity contribution in [2.45, 2.75) is 55.9 Å². The summed E-state index contributed by atoms with van der Waals surface area (Å²) < 4.78 is 39.4. The number of hydrogen-bond acceptors (Lipinski definition) is 6. The fourth-order valence-corrected chi connectivity index (χ4v) is 6.37. The van der Waals surface area contributed by atoms with Gasteiger partial charge in [0.1, 0.15) is 4.90 Å². The largest absolute Gasteiger partial charge is 0.379 e. The van der Waals surface area contributed by atoms with E-state index in [4.69, 9.17) is 9.47 Å². The molecule has 178 valence electrons. The van der Waals surface area contributed by atoms with Gasteiger partial charge < -0.3 is 19.7 Å². The first kappa shape index (κ1) is 23.5. The van der Waals surface area contributed by atoms with Gasteiger partial charge >= 0.3 is 0 Å². The highest BCUT2D eigenvalue weighted by Crippen LogP contribution is 2.30. The second-order valence-electron chi connectivity index (χ2n) is 8.81. The molecule has 0 radical (unpaired) electrons. The van der Waals surface area contributed by atoms with Crippen LogP contribution < -0.4 is 10.2 Å². The number of nitrogens with zero attached hydrogens (tertiary/aromatic N) is 2. The van der Waals surface area contributed by atoms with Crippen LogP contribution in [0.3, 0.4) is 0 Å². The Balaban J connectivity index is 1.61. The van der Waals surface area contributed by atoms with Crippen molar-refractivity contribution in [1.29, 1.82) is 0 Å². The third kappa shape index (κ3) is 5.62. The van der Waals surface area contributed by atoms with E-state index in [1.807, 2.05) is 4.90 Å². The molecule has 3 fully saturated rings. The second kappa shape index (κ2) is 11.0. The molecule has 8 nitrogen and oxygen atoms in total. The fourth-order valence-electron chi connectivity index (χ4n) is 4.72. The summed E-state index contributed by atoms with van der Waals surface area (Å²) in [6.45, 7) is 3.77. The lowest BCUT2D eigenvalue weighted by Crippen LogP contribution is -2.42. The Morgan fingerprint density at radius 1 is 0.875 bits per heavy atom. The van der Waals surface area contributed by atoms with Gasteiger partial charge in [0, 0.05) is 37.8 Å². The number of hydrogen-bond donors (Lipinski definition) is 1. The molecule has 1 N–H and O–H groups in total. The minimum atomic E-state index is -3.75. The Labute approximate surface area is 191 Å². The Morgan fingerprint density at radius 2 is 1.47 bits per heavy atom. The highest BCUT2D eigenvalue weighted by molar-refractivity contribution is 7.89. The third-order valence-electron chi connectivity index (χ3n) is 6.60. The van der Waals surface area contributed by atoms with E-state index in [1.165, 1.54) is 23.6 Å². The van der Waals surface area contributed by atoms with Gasteiger partial charge in [0.05, 0.1) is 32.1 Å².